The number of benzene rings is 1. The topological polar surface area (TPSA) is 78.7 Å². The van der Waals surface area contributed by atoms with E-state index < -0.39 is 0 Å². The first-order valence-electron chi connectivity index (χ1n) is 7.52. The molecule has 0 unspecified atom stereocenters. The summed E-state index contributed by atoms with van der Waals surface area (Å²) < 4.78 is 0. The van der Waals surface area contributed by atoms with Crippen LogP contribution in [0.5, 0.6) is 0 Å². The number of piperidine rings is 1. The predicted octanol–water partition coefficient (Wildman–Crippen LogP) is 1.79. The van der Waals surface area contributed by atoms with Gasteiger partial charge in [0.2, 0.25) is 5.91 Å². The van der Waals surface area contributed by atoms with Gasteiger partial charge in [-0.2, -0.15) is 0 Å². The van der Waals surface area contributed by atoms with Crippen LogP contribution in [0.4, 0.5) is 16.2 Å². The van der Waals surface area contributed by atoms with Crippen molar-refractivity contribution in [3.63, 3.8) is 0 Å². The van der Waals surface area contributed by atoms with Gasteiger partial charge in [0.1, 0.15) is 0 Å². The Bertz CT molecular complexity index is 571. The van der Waals surface area contributed by atoms with Gasteiger partial charge >= 0.3 is 6.03 Å². The number of nitrogens with zero attached hydrogens (tertiary/aromatic N) is 2. The average molecular weight is 304 g/mol. The summed E-state index contributed by atoms with van der Waals surface area (Å²) in [6, 6.07) is 5.63. The summed E-state index contributed by atoms with van der Waals surface area (Å²) in [7, 11) is 3.94. The van der Waals surface area contributed by atoms with Crippen molar-refractivity contribution in [2.75, 3.05) is 37.4 Å². The Kier molecular flexibility index (Phi) is 4.90. The van der Waals surface area contributed by atoms with Crippen molar-refractivity contribution in [3.05, 3.63) is 23.8 Å². The highest BCUT2D eigenvalue weighted by atomic mass is 16.2. The number of nitrogens with one attached hydrogen (secondary N) is 1. The van der Waals surface area contributed by atoms with Gasteiger partial charge in [-0.1, -0.05) is 6.07 Å². The van der Waals surface area contributed by atoms with Gasteiger partial charge in [0, 0.05) is 38.6 Å². The van der Waals surface area contributed by atoms with Crippen LogP contribution in [-0.4, -0.2) is 44.0 Å². The largest absolute Gasteiger partial charge is 0.377 e. The van der Waals surface area contributed by atoms with Crippen molar-refractivity contribution in [2.45, 2.75) is 19.8 Å². The number of likely N-dealkylation sites (tertiary alicyclic amines) is 1. The molecule has 1 aliphatic rings. The van der Waals surface area contributed by atoms with E-state index in [0.29, 0.717) is 13.1 Å². The number of carbonyl (C=O) groups is 2. The van der Waals surface area contributed by atoms with Crippen molar-refractivity contribution >= 4 is 23.3 Å². The van der Waals surface area contributed by atoms with Crippen molar-refractivity contribution in [1.29, 1.82) is 0 Å². The Hall–Kier alpha value is -2.24. The molecule has 0 spiro atoms. The lowest BCUT2D eigenvalue weighted by molar-refractivity contribution is -0.123. The third-order valence-corrected chi connectivity index (χ3v) is 4.14. The van der Waals surface area contributed by atoms with Crippen molar-refractivity contribution < 1.29 is 9.59 Å². The molecule has 120 valence electrons. The molecular formula is C16H24N4O2. The van der Waals surface area contributed by atoms with E-state index in [1.165, 1.54) is 0 Å². The van der Waals surface area contributed by atoms with Gasteiger partial charge in [0.25, 0.3) is 0 Å². The van der Waals surface area contributed by atoms with Crippen LogP contribution in [0.2, 0.25) is 0 Å². The van der Waals surface area contributed by atoms with E-state index >= 15 is 0 Å². The summed E-state index contributed by atoms with van der Waals surface area (Å²) in [5, 5.41) is 2.94. The number of hydrogen-bond donors (Lipinski definition) is 2. The van der Waals surface area contributed by atoms with Crippen LogP contribution < -0.4 is 16.0 Å². The van der Waals surface area contributed by atoms with Gasteiger partial charge < -0.3 is 20.9 Å². The van der Waals surface area contributed by atoms with Gasteiger partial charge in [-0.3, -0.25) is 4.79 Å². The predicted molar refractivity (Wildman–Crippen MR) is 88.0 cm³/mol. The van der Waals surface area contributed by atoms with Crippen LogP contribution >= 0.6 is 0 Å². The maximum absolute atomic E-state index is 12.4. The number of urea groups is 1. The monoisotopic (exact) mass is 304 g/mol. The first kappa shape index (κ1) is 16.1. The Morgan fingerprint density at radius 2 is 2.09 bits per heavy atom. The third kappa shape index (κ3) is 3.50. The second kappa shape index (κ2) is 6.68. The first-order valence-corrected chi connectivity index (χ1v) is 7.52. The van der Waals surface area contributed by atoms with E-state index in [1.54, 1.807) is 4.90 Å². The van der Waals surface area contributed by atoms with Crippen LogP contribution in [0.1, 0.15) is 18.4 Å². The smallest absolute Gasteiger partial charge is 0.321 e. The summed E-state index contributed by atoms with van der Waals surface area (Å²) >= 11 is 0. The molecule has 1 aromatic rings. The highest BCUT2D eigenvalue weighted by Gasteiger charge is 2.27. The number of rotatable bonds is 3. The molecule has 3 amide bonds. The zero-order chi connectivity index (χ0) is 16.3. The second-order valence-electron chi connectivity index (χ2n) is 5.96. The standard InChI is InChI=1S/C16H24N4O2/c1-11-13(7-4-8-14(11)19(2)3)18-16(22)20-9-5-6-12(10-20)15(17)21/h4,7-8,12H,5-6,9-10H2,1-3H3,(H2,17,21)(H,18,22)/t12-/m1/s1. The molecule has 3 N–H and O–H groups in total. The number of amides is 3. The Morgan fingerprint density at radius 1 is 1.36 bits per heavy atom. The summed E-state index contributed by atoms with van der Waals surface area (Å²) in [6.07, 6.45) is 1.56. The van der Waals surface area contributed by atoms with Crippen LogP contribution in [0.15, 0.2) is 18.2 Å². The Labute approximate surface area is 131 Å². The fourth-order valence-corrected chi connectivity index (χ4v) is 2.83. The molecule has 1 fully saturated rings. The molecule has 22 heavy (non-hydrogen) atoms. The van der Waals surface area contributed by atoms with Crippen molar-refractivity contribution in [3.8, 4) is 0 Å². The molecular weight excluding hydrogens is 280 g/mol. The maximum atomic E-state index is 12.4. The average Bonchev–Trinajstić information content (AvgIpc) is 2.49. The van der Waals surface area contributed by atoms with Gasteiger partial charge in [-0.05, 0) is 37.5 Å². The molecule has 1 aliphatic heterocycles. The quantitative estimate of drug-likeness (QED) is 0.893. The number of nitrogens with two attached hydrogens (primary N) is 1. The molecule has 2 rings (SSSR count). The lowest BCUT2D eigenvalue weighted by Gasteiger charge is -2.31. The van der Waals surface area contributed by atoms with Crippen LogP contribution in [0, 0.1) is 12.8 Å². The Balaban J connectivity index is 2.09. The second-order valence-corrected chi connectivity index (χ2v) is 5.96. The van der Waals surface area contributed by atoms with Gasteiger partial charge in [-0.25, -0.2) is 4.79 Å². The fourth-order valence-electron chi connectivity index (χ4n) is 2.83. The summed E-state index contributed by atoms with van der Waals surface area (Å²) in [6.45, 7) is 3.03. The van der Waals surface area contributed by atoms with Crippen molar-refractivity contribution in [1.82, 2.24) is 4.90 Å². The third-order valence-electron chi connectivity index (χ3n) is 4.14. The molecule has 0 radical (unpaired) electrons. The number of carbonyl (C=O) groups excluding carboxylic acids is 2. The minimum atomic E-state index is -0.330. The molecule has 1 aromatic carbocycles. The highest BCUT2D eigenvalue weighted by molar-refractivity contribution is 5.91. The SMILES string of the molecule is Cc1c(NC(=O)N2CCC[C@@H](C(N)=O)C2)cccc1N(C)C. The molecule has 0 saturated carbocycles. The normalized spacial score (nSPS) is 18.0. The zero-order valence-corrected chi connectivity index (χ0v) is 13.4. The summed E-state index contributed by atoms with van der Waals surface area (Å²) in [4.78, 5) is 27.4. The van der Waals surface area contributed by atoms with E-state index in [9.17, 15) is 9.59 Å². The fraction of sp³-hybridized carbons (Fsp3) is 0.500. The van der Waals surface area contributed by atoms with Crippen LogP contribution in [0.25, 0.3) is 0 Å². The highest BCUT2D eigenvalue weighted by Crippen LogP contribution is 2.26. The van der Waals surface area contributed by atoms with E-state index in [-0.39, 0.29) is 17.9 Å². The molecule has 0 bridgehead atoms. The van der Waals surface area contributed by atoms with E-state index in [4.69, 9.17) is 5.73 Å². The molecule has 0 aromatic heterocycles. The van der Waals surface area contributed by atoms with Gasteiger partial charge in [0.05, 0.1) is 5.92 Å². The number of hydrogen-bond acceptors (Lipinski definition) is 3. The molecule has 6 heteroatoms. The number of anilines is 2. The summed E-state index contributed by atoms with van der Waals surface area (Å²) in [5.41, 5.74) is 8.23. The first-order chi connectivity index (χ1) is 10.4. The van der Waals surface area contributed by atoms with Crippen molar-refractivity contribution in [2.24, 2.45) is 11.7 Å². The molecule has 0 aliphatic carbocycles. The lowest BCUT2D eigenvalue weighted by atomic mass is 9.98. The van der Waals surface area contributed by atoms with Gasteiger partial charge in [-0.15, -0.1) is 0 Å². The molecule has 6 nitrogen and oxygen atoms in total. The van der Waals surface area contributed by atoms with E-state index in [0.717, 1.165) is 29.8 Å². The van der Waals surface area contributed by atoms with Crippen LogP contribution in [-0.2, 0) is 4.79 Å². The lowest BCUT2D eigenvalue weighted by Crippen LogP contribution is -2.45. The molecule has 1 heterocycles. The summed E-state index contributed by atoms with van der Waals surface area (Å²) in [5.74, 6) is -0.572. The van der Waals surface area contributed by atoms with E-state index in [1.807, 2.05) is 44.1 Å². The van der Waals surface area contributed by atoms with E-state index in [2.05, 4.69) is 5.32 Å². The minimum Gasteiger partial charge on any atom is -0.377 e. The number of primary amides is 1. The molecule has 1 saturated heterocycles. The zero-order valence-electron chi connectivity index (χ0n) is 13.4. The minimum absolute atomic E-state index is 0.176. The van der Waals surface area contributed by atoms with Gasteiger partial charge in [0.15, 0.2) is 0 Å². The maximum Gasteiger partial charge on any atom is 0.321 e. The Morgan fingerprint density at radius 3 is 2.73 bits per heavy atom. The molecule has 1 atom stereocenters. The van der Waals surface area contributed by atoms with Crippen LogP contribution in [0.3, 0.4) is 0 Å².